The minimum absolute atomic E-state index is 0.209. The van der Waals surface area contributed by atoms with Gasteiger partial charge in [-0.05, 0) is 6.42 Å². The molecule has 0 heterocycles. The minimum atomic E-state index is -1.17. The smallest absolute Gasteiger partial charge is 0.450 e. The number of ether oxygens (including phenoxy) is 1. The van der Waals surface area contributed by atoms with Gasteiger partial charge in [0.05, 0.1) is 6.61 Å². The van der Waals surface area contributed by atoms with E-state index in [9.17, 15) is 9.59 Å². The molecule has 20 heavy (non-hydrogen) atoms. The van der Waals surface area contributed by atoms with E-state index in [-0.39, 0.29) is 5.78 Å². The van der Waals surface area contributed by atoms with Gasteiger partial charge in [-0.1, -0.05) is 63.4 Å². The van der Waals surface area contributed by atoms with Crippen molar-refractivity contribution in [2.75, 3.05) is 6.61 Å². The predicted molar refractivity (Wildman–Crippen MR) is 79.2 cm³/mol. The van der Waals surface area contributed by atoms with E-state index in [0.29, 0.717) is 13.0 Å². The molecule has 0 unspecified atom stereocenters. The zero-order valence-corrected chi connectivity index (χ0v) is 12.3. The summed E-state index contributed by atoms with van der Waals surface area (Å²) < 4.78 is 4.31. The van der Waals surface area contributed by atoms with Gasteiger partial charge in [0.25, 0.3) is 0 Å². The van der Waals surface area contributed by atoms with E-state index in [0.717, 1.165) is 31.2 Å². The van der Waals surface area contributed by atoms with Crippen molar-refractivity contribution in [1.29, 1.82) is 0 Å². The van der Waals surface area contributed by atoms with Crippen LogP contribution in [0.4, 0.5) is 4.79 Å². The monoisotopic (exact) mass is 280 g/mol. The van der Waals surface area contributed by atoms with Crippen LogP contribution < -0.4 is 0 Å². The van der Waals surface area contributed by atoms with Crippen LogP contribution in [-0.2, 0) is 4.74 Å². The highest BCUT2D eigenvalue weighted by molar-refractivity contribution is 5.95. The standard InChI is InChI=1S/C9H10O.C7H14O3/c1-2-9(10)8-6-4-3-5-7-8;1-2-3-4-5-6-10-7(8)9/h3-7H,2H2,1H3;2-6H2,1H3,(H,8,9). The van der Waals surface area contributed by atoms with Crippen molar-refractivity contribution in [3.63, 3.8) is 0 Å². The molecule has 1 aromatic carbocycles. The number of carboxylic acid groups (broad SMARTS) is 1. The first kappa shape index (κ1) is 18.2. The molecule has 0 saturated carbocycles. The average Bonchev–Trinajstić information content (AvgIpc) is 2.47. The Morgan fingerprint density at radius 2 is 1.70 bits per heavy atom. The van der Waals surface area contributed by atoms with Crippen molar-refractivity contribution in [3.8, 4) is 0 Å². The van der Waals surface area contributed by atoms with Crippen LogP contribution in [-0.4, -0.2) is 23.7 Å². The molecule has 4 heteroatoms. The zero-order valence-electron chi connectivity index (χ0n) is 12.3. The fourth-order valence-corrected chi connectivity index (χ4v) is 1.52. The van der Waals surface area contributed by atoms with Gasteiger partial charge in [0.1, 0.15) is 0 Å². The number of ketones is 1. The van der Waals surface area contributed by atoms with Crippen molar-refractivity contribution < 1.29 is 19.4 Å². The Hall–Kier alpha value is -1.84. The van der Waals surface area contributed by atoms with Crippen LogP contribution in [0.5, 0.6) is 0 Å². The summed E-state index contributed by atoms with van der Waals surface area (Å²) in [4.78, 5) is 20.8. The summed E-state index contributed by atoms with van der Waals surface area (Å²) >= 11 is 0. The number of carbonyl (C=O) groups is 2. The Kier molecular flexibility index (Phi) is 11.1. The first-order valence-electron chi connectivity index (χ1n) is 7.05. The summed E-state index contributed by atoms with van der Waals surface area (Å²) in [6.45, 7) is 4.32. The van der Waals surface area contributed by atoms with Gasteiger partial charge in [0.15, 0.2) is 5.78 Å². The number of rotatable bonds is 7. The Morgan fingerprint density at radius 3 is 2.20 bits per heavy atom. The van der Waals surface area contributed by atoms with Crippen LogP contribution in [0.2, 0.25) is 0 Å². The van der Waals surface area contributed by atoms with E-state index >= 15 is 0 Å². The molecule has 0 aliphatic carbocycles. The van der Waals surface area contributed by atoms with Gasteiger partial charge in [-0.15, -0.1) is 0 Å². The SMILES string of the molecule is CCC(=O)c1ccccc1.CCCCCCOC(=O)O. The molecule has 0 atom stereocenters. The molecule has 0 aliphatic heterocycles. The Morgan fingerprint density at radius 1 is 1.05 bits per heavy atom. The Bertz CT molecular complexity index is 373. The number of Topliss-reactive ketones (excluding diaryl/α,β-unsaturated/α-hetero) is 1. The lowest BCUT2D eigenvalue weighted by Crippen LogP contribution is -2.01. The zero-order chi connectivity index (χ0) is 15.2. The van der Waals surface area contributed by atoms with E-state index in [1.54, 1.807) is 0 Å². The number of benzene rings is 1. The lowest BCUT2D eigenvalue weighted by atomic mass is 10.1. The van der Waals surface area contributed by atoms with Crippen LogP contribution in [0.3, 0.4) is 0 Å². The summed E-state index contributed by atoms with van der Waals surface area (Å²) in [6.07, 6.45) is 3.64. The molecular weight excluding hydrogens is 256 g/mol. The predicted octanol–water partition coefficient (Wildman–Crippen LogP) is 4.54. The van der Waals surface area contributed by atoms with Gasteiger partial charge in [-0.2, -0.15) is 0 Å². The molecule has 4 nitrogen and oxygen atoms in total. The van der Waals surface area contributed by atoms with Crippen molar-refractivity contribution in [2.45, 2.75) is 46.0 Å². The number of unbranched alkanes of at least 4 members (excludes halogenated alkanes) is 3. The molecule has 0 amide bonds. The maximum absolute atomic E-state index is 11.0. The van der Waals surface area contributed by atoms with Crippen molar-refractivity contribution in [3.05, 3.63) is 35.9 Å². The lowest BCUT2D eigenvalue weighted by molar-refractivity contribution is 0.0899. The van der Waals surface area contributed by atoms with Gasteiger partial charge in [-0.3, -0.25) is 4.79 Å². The lowest BCUT2D eigenvalue weighted by Gasteiger charge is -1.98. The van der Waals surface area contributed by atoms with Gasteiger partial charge in [0.2, 0.25) is 0 Å². The van der Waals surface area contributed by atoms with Crippen LogP contribution in [0, 0.1) is 0 Å². The fourth-order valence-electron chi connectivity index (χ4n) is 1.52. The molecule has 0 aliphatic rings. The van der Waals surface area contributed by atoms with Gasteiger partial charge in [0, 0.05) is 12.0 Å². The maximum atomic E-state index is 11.0. The second kappa shape index (κ2) is 12.2. The molecule has 0 spiro atoms. The van der Waals surface area contributed by atoms with E-state index in [1.165, 1.54) is 0 Å². The van der Waals surface area contributed by atoms with Crippen molar-refractivity contribution in [1.82, 2.24) is 0 Å². The summed E-state index contributed by atoms with van der Waals surface area (Å²) in [7, 11) is 0. The normalized spacial score (nSPS) is 9.30. The average molecular weight is 280 g/mol. The highest BCUT2D eigenvalue weighted by atomic mass is 16.7. The molecule has 112 valence electrons. The first-order valence-corrected chi connectivity index (χ1v) is 7.05. The molecule has 1 N–H and O–H groups in total. The van der Waals surface area contributed by atoms with Crippen molar-refractivity contribution in [2.24, 2.45) is 0 Å². The summed E-state index contributed by atoms with van der Waals surface area (Å²) in [5.74, 6) is 0.209. The maximum Gasteiger partial charge on any atom is 0.505 e. The largest absolute Gasteiger partial charge is 0.505 e. The summed E-state index contributed by atoms with van der Waals surface area (Å²) in [6, 6.07) is 9.34. The molecule has 1 aromatic rings. The third-order valence-corrected chi connectivity index (χ3v) is 2.64. The second-order valence-corrected chi connectivity index (χ2v) is 4.32. The first-order chi connectivity index (χ1) is 9.61. The van der Waals surface area contributed by atoms with Crippen LogP contribution in [0.1, 0.15) is 56.3 Å². The quantitative estimate of drug-likeness (QED) is 0.452. The third kappa shape index (κ3) is 10.1. The van der Waals surface area contributed by atoms with Gasteiger partial charge in [-0.25, -0.2) is 4.79 Å². The fraction of sp³-hybridized carbons (Fsp3) is 0.500. The van der Waals surface area contributed by atoms with Crippen LogP contribution >= 0.6 is 0 Å². The Labute approximate surface area is 120 Å². The highest BCUT2D eigenvalue weighted by Crippen LogP contribution is 2.01. The second-order valence-electron chi connectivity index (χ2n) is 4.32. The third-order valence-electron chi connectivity index (χ3n) is 2.64. The number of hydrogen-bond acceptors (Lipinski definition) is 3. The molecule has 0 fully saturated rings. The summed E-state index contributed by atoms with van der Waals surface area (Å²) in [5.41, 5.74) is 0.810. The van der Waals surface area contributed by atoms with E-state index < -0.39 is 6.16 Å². The molecule has 0 bridgehead atoms. The summed E-state index contributed by atoms with van der Waals surface area (Å²) in [5, 5.41) is 8.05. The topological polar surface area (TPSA) is 63.6 Å². The molecule has 0 saturated heterocycles. The van der Waals surface area contributed by atoms with E-state index in [2.05, 4.69) is 11.7 Å². The van der Waals surface area contributed by atoms with Crippen molar-refractivity contribution >= 4 is 11.9 Å². The van der Waals surface area contributed by atoms with Gasteiger partial charge >= 0.3 is 6.16 Å². The molecule has 0 aromatic heterocycles. The minimum Gasteiger partial charge on any atom is -0.450 e. The van der Waals surface area contributed by atoms with Crippen LogP contribution in [0.15, 0.2) is 30.3 Å². The van der Waals surface area contributed by atoms with Gasteiger partial charge < -0.3 is 9.84 Å². The highest BCUT2D eigenvalue weighted by Gasteiger charge is 1.98. The molecular formula is C16H24O4. The molecule has 0 radical (unpaired) electrons. The van der Waals surface area contributed by atoms with Crippen LogP contribution in [0.25, 0.3) is 0 Å². The Balaban J connectivity index is 0.000000361. The molecule has 1 rings (SSSR count). The van der Waals surface area contributed by atoms with E-state index in [1.807, 2.05) is 37.3 Å². The number of carbonyl (C=O) groups excluding carboxylic acids is 1. The van der Waals surface area contributed by atoms with E-state index in [4.69, 9.17) is 5.11 Å². The number of hydrogen-bond donors (Lipinski definition) is 1.